The van der Waals surface area contributed by atoms with Gasteiger partial charge in [-0.15, -0.1) is 0 Å². The molecule has 0 bridgehead atoms. The van der Waals surface area contributed by atoms with Gasteiger partial charge in [0.05, 0.1) is 29.1 Å². The third kappa shape index (κ3) is 2.67. The molecule has 0 atom stereocenters. The molecule has 0 aliphatic heterocycles. The molecule has 3 aromatic carbocycles. The minimum atomic E-state index is -1.50. The molecule has 5 rings (SSSR count). The molecule has 0 unspecified atom stereocenters. The van der Waals surface area contributed by atoms with Gasteiger partial charge in [-0.05, 0) is 17.6 Å². The summed E-state index contributed by atoms with van der Waals surface area (Å²) in [6.07, 6.45) is 3.63. The summed E-state index contributed by atoms with van der Waals surface area (Å²) < 4.78 is 2.09. The lowest BCUT2D eigenvalue weighted by molar-refractivity contribution is 0.426. The van der Waals surface area contributed by atoms with Gasteiger partial charge in [-0.2, -0.15) is 0 Å². The van der Waals surface area contributed by atoms with Crippen LogP contribution < -0.4 is 5.46 Å². The molecule has 0 saturated carbocycles. The van der Waals surface area contributed by atoms with Crippen LogP contribution in [0.2, 0.25) is 0 Å². The second-order valence-corrected chi connectivity index (χ2v) is 6.63. The van der Waals surface area contributed by atoms with Crippen LogP contribution >= 0.6 is 0 Å². The molecule has 134 valence electrons. The van der Waals surface area contributed by atoms with Crippen LogP contribution in [0.5, 0.6) is 0 Å². The van der Waals surface area contributed by atoms with Gasteiger partial charge >= 0.3 is 7.12 Å². The van der Waals surface area contributed by atoms with Gasteiger partial charge in [-0.1, -0.05) is 60.7 Å². The zero-order chi connectivity index (χ0) is 19.1. The molecule has 6 heteroatoms. The maximum Gasteiger partial charge on any atom is 0.488 e. The molecule has 0 aliphatic carbocycles. The van der Waals surface area contributed by atoms with Gasteiger partial charge in [0.1, 0.15) is 0 Å². The van der Waals surface area contributed by atoms with Gasteiger partial charge in [0, 0.05) is 16.3 Å². The van der Waals surface area contributed by atoms with Gasteiger partial charge in [-0.3, -0.25) is 0 Å². The molecule has 5 nitrogen and oxygen atoms in total. The molecule has 0 radical (unpaired) electrons. The van der Waals surface area contributed by atoms with Gasteiger partial charge < -0.3 is 14.6 Å². The Balaban J connectivity index is 1.71. The molecule has 2 aromatic heterocycles. The van der Waals surface area contributed by atoms with Crippen LogP contribution in [-0.2, 0) is 0 Å². The normalized spacial score (nSPS) is 11.2. The van der Waals surface area contributed by atoms with Crippen molar-refractivity contribution in [2.24, 2.45) is 0 Å². The van der Waals surface area contributed by atoms with Crippen LogP contribution in [0.1, 0.15) is 0 Å². The van der Waals surface area contributed by atoms with E-state index in [2.05, 4.69) is 14.5 Å². The van der Waals surface area contributed by atoms with Crippen molar-refractivity contribution in [2.75, 3.05) is 0 Å². The van der Waals surface area contributed by atoms with Crippen molar-refractivity contribution in [3.63, 3.8) is 0 Å². The van der Waals surface area contributed by atoms with Crippen molar-refractivity contribution in [1.29, 1.82) is 0 Å². The predicted molar refractivity (Wildman–Crippen MR) is 112 cm³/mol. The maximum absolute atomic E-state index is 9.55. The van der Waals surface area contributed by atoms with Crippen molar-refractivity contribution in [1.82, 2.24) is 14.5 Å². The molecule has 0 aliphatic rings. The van der Waals surface area contributed by atoms with E-state index >= 15 is 0 Å². The average molecular weight is 365 g/mol. The van der Waals surface area contributed by atoms with E-state index in [1.807, 2.05) is 79.1 Å². The van der Waals surface area contributed by atoms with E-state index in [0.717, 1.165) is 33.1 Å². The van der Waals surface area contributed by atoms with Gasteiger partial charge in [-0.25, -0.2) is 9.97 Å². The third-order valence-electron chi connectivity index (χ3n) is 4.92. The topological polar surface area (TPSA) is 71.2 Å². The van der Waals surface area contributed by atoms with Gasteiger partial charge in [0.25, 0.3) is 0 Å². The van der Waals surface area contributed by atoms with Crippen molar-refractivity contribution in [3.05, 3.63) is 85.2 Å². The van der Waals surface area contributed by atoms with E-state index in [1.54, 1.807) is 6.07 Å². The number of nitrogens with zero attached hydrogens (tertiary/aromatic N) is 3. The molecule has 0 saturated heterocycles. The van der Waals surface area contributed by atoms with E-state index < -0.39 is 7.12 Å². The summed E-state index contributed by atoms with van der Waals surface area (Å²) in [5.41, 5.74) is 4.26. The fourth-order valence-corrected chi connectivity index (χ4v) is 3.60. The molecule has 0 amide bonds. The predicted octanol–water partition coefficient (Wildman–Crippen LogP) is 2.92. The molecular weight excluding hydrogens is 349 g/mol. The summed E-state index contributed by atoms with van der Waals surface area (Å²) in [7, 11) is -1.50. The number of fused-ring (bicyclic) bond motifs is 3. The van der Waals surface area contributed by atoms with E-state index in [9.17, 15) is 10.0 Å². The Labute approximate surface area is 161 Å². The number of para-hydroxylation sites is 1. The van der Waals surface area contributed by atoms with E-state index in [-0.39, 0.29) is 0 Å². The Morgan fingerprint density at radius 3 is 2.14 bits per heavy atom. The third-order valence-corrected chi connectivity index (χ3v) is 4.92. The molecule has 28 heavy (non-hydrogen) atoms. The largest absolute Gasteiger partial charge is 0.488 e. The molecule has 5 aromatic rings. The highest BCUT2D eigenvalue weighted by atomic mass is 16.4. The zero-order valence-electron chi connectivity index (χ0n) is 14.9. The lowest BCUT2D eigenvalue weighted by Crippen LogP contribution is -2.29. The van der Waals surface area contributed by atoms with Crippen LogP contribution in [0.4, 0.5) is 0 Å². The Hall–Kier alpha value is -3.48. The summed E-state index contributed by atoms with van der Waals surface area (Å²) in [6, 6.07) is 23.3. The van der Waals surface area contributed by atoms with Crippen LogP contribution in [0.15, 0.2) is 85.2 Å². The van der Waals surface area contributed by atoms with Crippen LogP contribution in [0, 0.1) is 0 Å². The first kappa shape index (κ1) is 16.7. The smallest absolute Gasteiger partial charge is 0.423 e. The summed E-state index contributed by atoms with van der Waals surface area (Å²) in [6.45, 7) is 0. The fourth-order valence-electron chi connectivity index (χ4n) is 3.60. The molecule has 2 heterocycles. The first-order valence-electron chi connectivity index (χ1n) is 8.99. The summed E-state index contributed by atoms with van der Waals surface area (Å²) in [4.78, 5) is 9.10. The van der Waals surface area contributed by atoms with Crippen molar-refractivity contribution in [3.8, 4) is 17.1 Å². The summed E-state index contributed by atoms with van der Waals surface area (Å²) in [5.74, 6) is 0.677. The Kier molecular flexibility index (Phi) is 3.93. The first-order chi connectivity index (χ1) is 13.7. The Morgan fingerprint density at radius 2 is 1.39 bits per heavy atom. The number of rotatable bonds is 3. The number of hydrogen-bond acceptors (Lipinski definition) is 4. The molecule has 2 N–H and O–H groups in total. The number of hydrogen-bond donors (Lipinski definition) is 2. The van der Waals surface area contributed by atoms with Crippen molar-refractivity contribution < 1.29 is 10.0 Å². The molecule has 0 spiro atoms. The monoisotopic (exact) mass is 365 g/mol. The quantitative estimate of drug-likeness (QED) is 0.483. The lowest BCUT2D eigenvalue weighted by atomic mass is 9.80. The average Bonchev–Trinajstić information content (AvgIpc) is 3.08. The second kappa shape index (κ2) is 6.60. The minimum absolute atomic E-state index is 0.464. The van der Waals surface area contributed by atoms with E-state index in [0.29, 0.717) is 11.3 Å². The van der Waals surface area contributed by atoms with Crippen LogP contribution in [-0.4, -0.2) is 31.7 Å². The summed E-state index contributed by atoms with van der Waals surface area (Å²) in [5, 5.41) is 21.1. The Morgan fingerprint density at radius 1 is 0.714 bits per heavy atom. The van der Waals surface area contributed by atoms with Crippen LogP contribution in [0.3, 0.4) is 0 Å². The number of benzene rings is 3. The Bertz CT molecular complexity index is 1280. The highest BCUT2D eigenvalue weighted by Crippen LogP contribution is 2.31. The van der Waals surface area contributed by atoms with Gasteiger partial charge in [0.2, 0.25) is 0 Å². The maximum atomic E-state index is 9.55. The zero-order valence-corrected chi connectivity index (χ0v) is 14.9. The SMILES string of the molecule is OB(O)c1ccc2c(c1)c1ccccc1n2-c1cnc(-c2ccccc2)nc1. The standard InChI is InChI=1S/C22H16BN3O2/c27-23(28)16-10-11-21-19(12-16)18-8-4-5-9-20(18)26(21)17-13-24-22(25-14-17)15-6-2-1-3-7-15/h1-14,27-28H. The van der Waals surface area contributed by atoms with E-state index in [4.69, 9.17) is 0 Å². The van der Waals surface area contributed by atoms with Gasteiger partial charge in [0.15, 0.2) is 5.82 Å². The fraction of sp³-hybridized carbons (Fsp3) is 0. The highest BCUT2D eigenvalue weighted by molar-refractivity contribution is 6.59. The molecule has 0 fully saturated rings. The lowest BCUT2D eigenvalue weighted by Gasteiger charge is -2.08. The number of aromatic nitrogens is 3. The first-order valence-corrected chi connectivity index (χ1v) is 8.99. The molecular formula is C22H16BN3O2. The summed E-state index contributed by atoms with van der Waals surface area (Å²) >= 11 is 0. The second-order valence-electron chi connectivity index (χ2n) is 6.63. The highest BCUT2D eigenvalue weighted by Gasteiger charge is 2.17. The van der Waals surface area contributed by atoms with Crippen molar-refractivity contribution in [2.45, 2.75) is 0 Å². The van der Waals surface area contributed by atoms with Crippen LogP contribution in [0.25, 0.3) is 38.9 Å². The minimum Gasteiger partial charge on any atom is -0.423 e. The van der Waals surface area contributed by atoms with Crippen molar-refractivity contribution >= 4 is 34.4 Å². The van der Waals surface area contributed by atoms with E-state index in [1.165, 1.54) is 0 Å².